The highest BCUT2D eigenvalue weighted by Crippen LogP contribution is 2.36. The van der Waals surface area contributed by atoms with Gasteiger partial charge in [-0.15, -0.1) is 0 Å². The van der Waals surface area contributed by atoms with E-state index in [9.17, 15) is 13.5 Å². The van der Waals surface area contributed by atoms with Gasteiger partial charge in [0, 0.05) is 23.7 Å². The zero-order valence-corrected chi connectivity index (χ0v) is 17.6. The van der Waals surface area contributed by atoms with Gasteiger partial charge in [0.25, 0.3) is 0 Å². The predicted molar refractivity (Wildman–Crippen MR) is 112 cm³/mol. The number of ether oxygens (including phenoxy) is 1. The summed E-state index contributed by atoms with van der Waals surface area (Å²) < 4.78 is 30.5. The normalized spacial score (nSPS) is 19.7. The van der Waals surface area contributed by atoms with E-state index in [0.717, 1.165) is 0 Å². The van der Waals surface area contributed by atoms with E-state index >= 15 is 0 Å². The highest BCUT2D eigenvalue weighted by atomic mass is 35.5. The summed E-state index contributed by atoms with van der Waals surface area (Å²) in [6, 6.07) is 4.41. The molecule has 2 aliphatic rings. The summed E-state index contributed by atoms with van der Waals surface area (Å²) in [6.07, 6.45) is 3.32. The first kappa shape index (κ1) is 20.4. The van der Waals surface area contributed by atoms with Gasteiger partial charge in [-0.2, -0.15) is 0 Å². The third-order valence-corrected chi connectivity index (χ3v) is 7.41. The molecule has 150 valence electrons. The van der Waals surface area contributed by atoms with Crippen molar-refractivity contribution in [3.8, 4) is 5.75 Å². The number of anilines is 1. The topological polar surface area (TPSA) is 100 Å². The Morgan fingerprint density at radius 3 is 2.64 bits per heavy atom. The third kappa shape index (κ3) is 3.66. The molecule has 3 rings (SSSR count). The van der Waals surface area contributed by atoms with Crippen molar-refractivity contribution in [2.45, 2.75) is 38.0 Å². The van der Waals surface area contributed by atoms with E-state index in [0.29, 0.717) is 29.3 Å². The van der Waals surface area contributed by atoms with E-state index in [1.54, 1.807) is 39.0 Å². The average Bonchev–Trinajstić information content (AvgIpc) is 2.63. The van der Waals surface area contributed by atoms with Crippen LogP contribution in [0.2, 0.25) is 5.02 Å². The van der Waals surface area contributed by atoms with Crippen LogP contribution in [0, 0.1) is 0 Å². The summed E-state index contributed by atoms with van der Waals surface area (Å²) in [4.78, 5) is 8.75. The Morgan fingerprint density at radius 2 is 2.04 bits per heavy atom. The molecule has 28 heavy (non-hydrogen) atoms. The first-order chi connectivity index (χ1) is 13.0. The lowest BCUT2D eigenvalue weighted by atomic mass is 9.96. The number of phenols is 1. The maximum Gasteiger partial charge on any atom is 0.186 e. The van der Waals surface area contributed by atoms with Gasteiger partial charge in [-0.05, 0) is 39.0 Å². The van der Waals surface area contributed by atoms with Crippen molar-refractivity contribution >= 4 is 39.3 Å². The third-order valence-electron chi connectivity index (χ3n) is 4.56. The molecule has 1 aromatic carbocycles. The number of nitrogens with one attached hydrogen (secondary N) is 1. The molecule has 0 spiro atoms. The van der Waals surface area contributed by atoms with Crippen LogP contribution in [0.4, 0.5) is 5.69 Å². The van der Waals surface area contributed by atoms with E-state index in [-0.39, 0.29) is 21.7 Å². The van der Waals surface area contributed by atoms with E-state index < -0.39 is 14.6 Å². The molecule has 1 aliphatic carbocycles. The number of sulfone groups is 1. The number of amidine groups is 1. The van der Waals surface area contributed by atoms with Gasteiger partial charge in [-0.3, -0.25) is 4.99 Å². The summed E-state index contributed by atoms with van der Waals surface area (Å²) >= 11 is 5.85. The molecule has 7 nitrogen and oxygen atoms in total. The van der Waals surface area contributed by atoms with Gasteiger partial charge in [-0.1, -0.05) is 11.6 Å². The fourth-order valence-electron chi connectivity index (χ4n) is 2.88. The van der Waals surface area contributed by atoms with Crippen LogP contribution < -0.4 is 5.32 Å². The molecule has 0 radical (unpaired) electrons. The van der Waals surface area contributed by atoms with Gasteiger partial charge < -0.3 is 15.2 Å². The Morgan fingerprint density at radius 1 is 1.32 bits per heavy atom. The molecule has 0 saturated carbocycles. The minimum absolute atomic E-state index is 0.0662. The maximum atomic E-state index is 13.1. The number of aromatic hydroxyl groups is 1. The second kappa shape index (κ2) is 7.25. The Balaban J connectivity index is 2.04. The number of aliphatic imine (C=N–C) groups is 2. The quantitative estimate of drug-likeness (QED) is 0.772. The van der Waals surface area contributed by atoms with Gasteiger partial charge in [0.05, 0.1) is 22.9 Å². The molecule has 9 heteroatoms. The SMILES string of the molecule is COC1=C(S(=O)(=O)C(C)(C)C)C=C2C(Nc3ccc(Cl)c(O)c3)=NC=NC2C1. The van der Waals surface area contributed by atoms with Crippen molar-refractivity contribution in [3.05, 3.63) is 45.5 Å². The lowest BCUT2D eigenvalue weighted by Crippen LogP contribution is -2.34. The number of allylic oxidation sites excluding steroid dienone is 1. The van der Waals surface area contributed by atoms with E-state index in [4.69, 9.17) is 16.3 Å². The van der Waals surface area contributed by atoms with Crippen LogP contribution in [0.5, 0.6) is 5.75 Å². The lowest BCUT2D eigenvalue weighted by Gasteiger charge is -2.30. The van der Waals surface area contributed by atoms with Crippen LogP contribution in [-0.2, 0) is 14.6 Å². The maximum absolute atomic E-state index is 13.1. The minimum Gasteiger partial charge on any atom is -0.506 e. The summed E-state index contributed by atoms with van der Waals surface area (Å²) in [5.41, 5.74) is 1.21. The summed E-state index contributed by atoms with van der Waals surface area (Å²) in [7, 11) is -2.17. The number of hydrogen-bond acceptors (Lipinski definition) is 7. The van der Waals surface area contributed by atoms with E-state index in [1.165, 1.54) is 19.5 Å². The van der Waals surface area contributed by atoms with E-state index in [2.05, 4.69) is 15.3 Å². The molecule has 0 bridgehead atoms. The van der Waals surface area contributed by atoms with Crippen LogP contribution in [0.3, 0.4) is 0 Å². The van der Waals surface area contributed by atoms with Crippen LogP contribution in [0.15, 0.2) is 50.5 Å². The van der Waals surface area contributed by atoms with Crippen molar-refractivity contribution in [2.24, 2.45) is 9.98 Å². The number of phenolic OH excluding ortho intramolecular Hbond substituents is 1. The fraction of sp³-hybridized carbons (Fsp3) is 0.368. The van der Waals surface area contributed by atoms with Gasteiger partial charge in [0.2, 0.25) is 0 Å². The zero-order chi connectivity index (χ0) is 20.7. The predicted octanol–water partition coefficient (Wildman–Crippen LogP) is 3.67. The standard InChI is InChI=1S/C19H22ClN3O4S/c1-19(2,3)28(25,26)17-8-12-14(9-16(17)27-4)21-10-22-18(12)23-11-5-6-13(20)15(24)7-11/h5-8,10,14,24H,9H2,1-4H3,(H,21,22,23). The molecule has 0 amide bonds. The second-order valence-corrected chi connectivity index (χ2v) is 10.5. The van der Waals surface area contributed by atoms with E-state index in [1.807, 2.05) is 0 Å². The number of rotatable bonds is 3. The number of methoxy groups -OCH3 is 1. The molecule has 1 aromatic rings. The zero-order valence-electron chi connectivity index (χ0n) is 16.0. The molecular formula is C19H22ClN3O4S. The fourth-order valence-corrected chi connectivity index (χ4v) is 4.41. The lowest BCUT2D eigenvalue weighted by molar-refractivity contribution is 0.270. The molecule has 1 atom stereocenters. The molecule has 1 aliphatic heterocycles. The summed E-state index contributed by atoms with van der Waals surface area (Å²) in [6.45, 7) is 4.95. The number of halogens is 1. The minimum atomic E-state index is -3.63. The van der Waals surface area contributed by atoms with Crippen LogP contribution in [0.1, 0.15) is 27.2 Å². The Hall–Kier alpha value is -2.32. The van der Waals surface area contributed by atoms with Crippen molar-refractivity contribution in [1.29, 1.82) is 0 Å². The Labute approximate surface area is 169 Å². The van der Waals surface area contributed by atoms with Crippen LogP contribution in [0.25, 0.3) is 0 Å². The first-order valence-corrected chi connectivity index (χ1v) is 10.5. The Kier molecular flexibility index (Phi) is 5.29. The summed E-state index contributed by atoms with van der Waals surface area (Å²) in [5, 5.41) is 13.2. The van der Waals surface area contributed by atoms with Gasteiger partial charge >= 0.3 is 0 Å². The number of hydrogen-bond donors (Lipinski definition) is 2. The van der Waals surface area contributed by atoms with Crippen LogP contribution >= 0.6 is 11.6 Å². The van der Waals surface area contributed by atoms with Gasteiger partial charge in [0.1, 0.15) is 28.6 Å². The van der Waals surface area contributed by atoms with Gasteiger partial charge in [0.15, 0.2) is 9.84 Å². The van der Waals surface area contributed by atoms with Crippen molar-refractivity contribution in [3.63, 3.8) is 0 Å². The highest BCUT2D eigenvalue weighted by molar-refractivity contribution is 7.96. The van der Waals surface area contributed by atoms with Crippen molar-refractivity contribution in [1.82, 2.24) is 0 Å². The molecule has 1 unspecified atom stereocenters. The van der Waals surface area contributed by atoms with Gasteiger partial charge in [-0.25, -0.2) is 13.4 Å². The average molecular weight is 424 g/mol. The molecule has 0 saturated heterocycles. The smallest absolute Gasteiger partial charge is 0.186 e. The number of benzene rings is 1. The Bertz CT molecular complexity index is 1030. The molecule has 1 heterocycles. The largest absolute Gasteiger partial charge is 0.506 e. The molecule has 0 fully saturated rings. The number of nitrogens with zero attached hydrogens (tertiary/aromatic N) is 2. The highest BCUT2D eigenvalue weighted by Gasteiger charge is 2.39. The first-order valence-electron chi connectivity index (χ1n) is 8.63. The number of fused-ring (bicyclic) bond motifs is 1. The molecule has 2 N–H and O–H groups in total. The molecular weight excluding hydrogens is 402 g/mol. The monoisotopic (exact) mass is 423 g/mol. The summed E-state index contributed by atoms with van der Waals surface area (Å²) in [5.74, 6) is 0.771. The van der Waals surface area contributed by atoms with Crippen LogP contribution in [-0.4, -0.2) is 43.6 Å². The molecule has 0 aromatic heterocycles. The van der Waals surface area contributed by atoms with Crippen molar-refractivity contribution in [2.75, 3.05) is 12.4 Å². The second-order valence-electron chi connectivity index (χ2n) is 7.46. The van der Waals surface area contributed by atoms with Crippen molar-refractivity contribution < 1.29 is 18.3 Å².